The Hall–Kier alpha value is -1.36. The monoisotopic (exact) mass is 374 g/mol. The van der Waals surface area contributed by atoms with Gasteiger partial charge in [-0.05, 0) is 56.0 Å². The third-order valence-corrected chi connectivity index (χ3v) is 6.66. The summed E-state index contributed by atoms with van der Waals surface area (Å²) in [7, 11) is 0. The van der Waals surface area contributed by atoms with Crippen LogP contribution in [-0.2, 0) is 17.8 Å². The van der Waals surface area contributed by atoms with E-state index < -0.39 is 0 Å². The van der Waals surface area contributed by atoms with Crippen LogP contribution in [0.2, 0.25) is 4.34 Å². The molecule has 132 valence electrons. The van der Waals surface area contributed by atoms with Crippen molar-refractivity contribution in [3.05, 3.63) is 50.2 Å². The maximum absolute atomic E-state index is 12.2. The van der Waals surface area contributed by atoms with E-state index in [0.717, 1.165) is 55.3 Å². The zero-order valence-corrected chi connectivity index (χ0v) is 16.1. The van der Waals surface area contributed by atoms with Gasteiger partial charge in [0.2, 0.25) is 5.91 Å². The molecule has 0 spiro atoms. The van der Waals surface area contributed by atoms with Gasteiger partial charge in [-0.25, -0.2) is 0 Å². The Kier molecular flexibility index (Phi) is 4.85. The highest BCUT2D eigenvalue weighted by Crippen LogP contribution is 2.36. The molecule has 0 fully saturated rings. The predicted octanol–water partition coefficient (Wildman–Crippen LogP) is 4.97. The minimum absolute atomic E-state index is 0.0264. The van der Waals surface area contributed by atoms with Crippen LogP contribution in [0.5, 0.6) is 0 Å². The van der Waals surface area contributed by atoms with Gasteiger partial charge in [0.25, 0.3) is 0 Å². The van der Waals surface area contributed by atoms with E-state index in [1.807, 2.05) is 6.07 Å². The summed E-state index contributed by atoms with van der Waals surface area (Å²) in [6, 6.07) is 8.36. The zero-order chi connectivity index (χ0) is 17.4. The standard InChI is InChI=1S/C20H23ClN2OS/c1-13-5-6-17-16(10-13)15(20(24)22-17)4-2-3-8-23-9-7-18-14(12-23)11-19(21)25-18/h5-6,10-11,15H,2-4,7-9,12H2,1H3,(H,22,24). The smallest absolute Gasteiger partial charge is 0.232 e. The van der Waals surface area contributed by atoms with Gasteiger partial charge in [0.1, 0.15) is 0 Å². The van der Waals surface area contributed by atoms with Crippen LogP contribution in [0.25, 0.3) is 0 Å². The summed E-state index contributed by atoms with van der Waals surface area (Å²) < 4.78 is 0.910. The highest BCUT2D eigenvalue weighted by Gasteiger charge is 2.29. The quantitative estimate of drug-likeness (QED) is 0.749. The van der Waals surface area contributed by atoms with Crippen LogP contribution in [-0.4, -0.2) is 23.9 Å². The normalized spacial score (nSPS) is 19.6. The molecule has 0 bridgehead atoms. The van der Waals surface area contributed by atoms with Gasteiger partial charge in [-0.2, -0.15) is 0 Å². The number of nitrogens with zero attached hydrogens (tertiary/aromatic N) is 1. The molecule has 2 aliphatic heterocycles. The SMILES string of the molecule is Cc1ccc2c(c1)C(CCCCN1CCc3sc(Cl)cc3C1)C(=O)N2. The van der Waals surface area contributed by atoms with Gasteiger partial charge in [-0.15, -0.1) is 11.3 Å². The van der Waals surface area contributed by atoms with E-state index in [0.29, 0.717) is 0 Å². The van der Waals surface area contributed by atoms with E-state index in [2.05, 4.69) is 35.3 Å². The largest absolute Gasteiger partial charge is 0.325 e. The number of carbonyl (C=O) groups excluding carboxylic acids is 1. The summed E-state index contributed by atoms with van der Waals surface area (Å²) >= 11 is 7.85. The number of nitrogens with one attached hydrogen (secondary N) is 1. The van der Waals surface area contributed by atoms with Gasteiger partial charge in [0.05, 0.1) is 10.3 Å². The lowest BCUT2D eigenvalue weighted by Gasteiger charge is -2.26. The van der Waals surface area contributed by atoms with E-state index in [1.165, 1.54) is 21.6 Å². The second-order valence-corrected chi connectivity index (χ2v) is 8.92. The molecule has 0 aliphatic carbocycles. The van der Waals surface area contributed by atoms with E-state index in [4.69, 9.17) is 11.6 Å². The molecule has 1 unspecified atom stereocenters. The minimum Gasteiger partial charge on any atom is -0.325 e. The molecule has 1 aromatic heterocycles. The number of unbranched alkanes of at least 4 members (excludes halogenated alkanes) is 1. The van der Waals surface area contributed by atoms with Crippen LogP contribution < -0.4 is 5.32 Å². The molecule has 3 heterocycles. The van der Waals surface area contributed by atoms with Crippen molar-refractivity contribution in [2.75, 3.05) is 18.4 Å². The van der Waals surface area contributed by atoms with Gasteiger partial charge in [-0.3, -0.25) is 9.69 Å². The average molecular weight is 375 g/mol. The van der Waals surface area contributed by atoms with Gasteiger partial charge in [-0.1, -0.05) is 35.7 Å². The zero-order valence-electron chi connectivity index (χ0n) is 14.5. The molecule has 3 nitrogen and oxygen atoms in total. The Balaban J connectivity index is 1.28. The van der Waals surface area contributed by atoms with E-state index >= 15 is 0 Å². The van der Waals surface area contributed by atoms with Gasteiger partial charge < -0.3 is 5.32 Å². The third-order valence-electron chi connectivity index (χ3n) is 5.29. The predicted molar refractivity (Wildman–Crippen MR) is 105 cm³/mol. The molecule has 1 amide bonds. The Morgan fingerprint density at radius 3 is 3.08 bits per heavy atom. The maximum Gasteiger partial charge on any atom is 0.232 e. The molecule has 25 heavy (non-hydrogen) atoms. The van der Waals surface area contributed by atoms with E-state index in [1.54, 1.807) is 11.3 Å². The number of hydrogen-bond acceptors (Lipinski definition) is 3. The number of hydrogen-bond donors (Lipinski definition) is 1. The van der Waals surface area contributed by atoms with Crippen molar-refractivity contribution in [3.63, 3.8) is 0 Å². The fraction of sp³-hybridized carbons (Fsp3) is 0.450. The van der Waals surface area contributed by atoms with Crippen molar-refractivity contribution in [2.24, 2.45) is 0 Å². The molecule has 2 aromatic rings. The molecular weight excluding hydrogens is 352 g/mol. The Morgan fingerprint density at radius 2 is 2.20 bits per heavy atom. The summed E-state index contributed by atoms with van der Waals surface area (Å²) in [5, 5.41) is 3.02. The molecule has 5 heteroatoms. The van der Waals surface area contributed by atoms with Crippen LogP contribution in [0, 0.1) is 6.92 Å². The van der Waals surface area contributed by atoms with Crippen LogP contribution >= 0.6 is 22.9 Å². The lowest BCUT2D eigenvalue weighted by Crippen LogP contribution is -2.30. The summed E-state index contributed by atoms with van der Waals surface area (Å²) in [6.07, 6.45) is 4.27. The molecule has 1 N–H and O–H groups in total. The third kappa shape index (κ3) is 3.62. The summed E-state index contributed by atoms with van der Waals surface area (Å²) in [4.78, 5) is 16.2. The first-order chi connectivity index (χ1) is 12.1. The Labute approximate surface area is 158 Å². The fourth-order valence-corrected chi connectivity index (χ4v) is 5.26. The number of benzene rings is 1. The number of halogens is 1. The lowest BCUT2D eigenvalue weighted by molar-refractivity contribution is -0.117. The van der Waals surface area contributed by atoms with Crippen molar-refractivity contribution < 1.29 is 4.79 Å². The molecule has 1 aromatic carbocycles. The van der Waals surface area contributed by atoms with Crippen molar-refractivity contribution in [2.45, 2.75) is 45.1 Å². The van der Waals surface area contributed by atoms with Crippen molar-refractivity contribution in [1.82, 2.24) is 4.90 Å². The van der Waals surface area contributed by atoms with Crippen molar-refractivity contribution in [1.29, 1.82) is 0 Å². The average Bonchev–Trinajstić information content (AvgIpc) is 3.09. The number of thiophene rings is 1. The highest BCUT2D eigenvalue weighted by molar-refractivity contribution is 7.16. The second kappa shape index (κ2) is 7.10. The first-order valence-corrected chi connectivity index (χ1v) is 10.2. The first-order valence-electron chi connectivity index (χ1n) is 9.01. The van der Waals surface area contributed by atoms with E-state index in [9.17, 15) is 4.79 Å². The van der Waals surface area contributed by atoms with Crippen molar-refractivity contribution in [3.8, 4) is 0 Å². The maximum atomic E-state index is 12.2. The summed E-state index contributed by atoms with van der Waals surface area (Å²) in [5.41, 5.74) is 4.80. The second-order valence-electron chi connectivity index (χ2n) is 7.15. The van der Waals surface area contributed by atoms with Gasteiger partial charge >= 0.3 is 0 Å². The van der Waals surface area contributed by atoms with Gasteiger partial charge in [0, 0.05) is 23.7 Å². The number of anilines is 1. The Bertz CT molecular complexity index is 801. The van der Waals surface area contributed by atoms with Gasteiger partial charge in [0.15, 0.2) is 0 Å². The molecule has 4 rings (SSSR count). The van der Waals surface area contributed by atoms with Crippen LogP contribution in [0.4, 0.5) is 5.69 Å². The first kappa shape index (κ1) is 17.1. The molecule has 0 saturated carbocycles. The topological polar surface area (TPSA) is 32.3 Å². The van der Waals surface area contributed by atoms with Crippen LogP contribution in [0.3, 0.4) is 0 Å². The highest BCUT2D eigenvalue weighted by atomic mass is 35.5. The molecule has 0 radical (unpaired) electrons. The van der Waals surface area contributed by atoms with Crippen LogP contribution in [0.15, 0.2) is 24.3 Å². The molecular formula is C20H23ClN2OS. The number of amides is 1. The number of aryl methyl sites for hydroxylation is 1. The lowest BCUT2D eigenvalue weighted by atomic mass is 9.93. The molecule has 0 saturated heterocycles. The van der Waals surface area contributed by atoms with Crippen LogP contribution in [0.1, 0.15) is 46.7 Å². The summed E-state index contributed by atoms with van der Waals surface area (Å²) in [5.74, 6) is 0.190. The number of fused-ring (bicyclic) bond motifs is 2. The van der Waals surface area contributed by atoms with Crippen molar-refractivity contribution >= 4 is 34.5 Å². The fourth-order valence-electron chi connectivity index (χ4n) is 3.96. The van der Waals surface area contributed by atoms with E-state index in [-0.39, 0.29) is 11.8 Å². The molecule has 2 aliphatic rings. The summed E-state index contributed by atoms with van der Waals surface area (Å²) in [6.45, 7) is 5.32. The Morgan fingerprint density at radius 1 is 1.32 bits per heavy atom. The number of rotatable bonds is 5. The molecule has 1 atom stereocenters. The number of carbonyl (C=O) groups is 1. The minimum atomic E-state index is 0.0264.